The van der Waals surface area contributed by atoms with E-state index >= 15 is 0 Å². The number of nitrogens with one attached hydrogen (secondary N) is 1. The van der Waals surface area contributed by atoms with Crippen LogP contribution in [0, 0.1) is 6.92 Å². The fraction of sp³-hybridized carbons (Fsp3) is 0.600. The van der Waals surface area contributed by atoms with Crippen LogP contribution in [0.5, 0.6) is 0 Å². The van der Waals surface area contributed by atoms with Gasteiger partial charge in [-0.25, -0.2) is 0 Å². The van der Waals surface area contributed by atoms with Gasteiger partial charge in [0.05, 0.1) is 0 Å². The van der Waals surface area contributed by atoms with Crippen molar-refractivity contribution in [1.82, 2.24) is 9.88 Å². The lowest BCUT2D eigenvalue weighted by molar-refractivity contribution is 0.0648. The van der Waals surface area contributed by atoms with Crippen molar-refractivity contribution in [2.45, 2.75) is 45.1 Å². The van der Waals surface area contributed by atoms with Crippen LogP contribution < -0.4 is 5.43 Å². The third-order valence-corrected chi connectivity index (χ3v) is 4.06. The van der Waals surface area contributed by atoms with Crippen molar-refractivity contribution in [3.05, 3.63) is 33.7 Å². The van der Waals surface area contributed by atoms with Crippen LogP contribution in [0.4, 0.5) is 0 Å². The van der Waals surface area contributed by atoms with Crippen LogP contribution >= 0.6 is 11.6 Å². The minimum atomic E-state index is -0.221. The highest BCUT2D eigenvalue weighted by Crippen LogP contribution is 2.23. The van der Waals surface area contributed by atoms with Gasteiger partial charge in [0, 0.05) is 36.4 Å². The van der Waals surface area contributed by atoms with Crippen LogP contribution in [-0.4, -0.2) is 34.3 Å². The number of hydrogen-bond acceptors (Lipinski definition) is 2. The SMILES string of the molecule is Cc1cc(=O)c(C(=O)N(CCCl)C2CCCCC2)c[nH]1. The average molecular weight is 297 g/mol. The Kier molecular flexibility index (Phi) is 5.24. The van der Waals surface area contributed by atoms with Crippen LogP contribution in [0.2, 0.25) is 0 Å². The van der Waals surface area contributed by atoms with Gasteiger partial charge in [0.1, 0.15) is 5.56 Å². The van der Waals surface area contributed by atoms with Gasteiger partial charge in [0.15, 0.2) is 5.43 Å². The van der Waals surface area contributed by atoms with Gasteiger partial charge in [-0.1, -0.05) is 19.3 Å². The van der Waals surface area contributed by atoms with Crippen LogP contribution in [0.3, 0.4) is 0 Å². The van der Waals surface area contributed by atoms with Crippen LogP contribution in [-0.2, 0) is 0 Å². The Morgan fingerprint density at radius 1 is 1.40 bits per heavy atom. The smallest absolute Gasteiger partial charge is 0.259 e. The Balaban J connectivity index is 2.23. The molecule has 110 valence electrons. The Morgan fingerprint density at radius 2 is 2.10 bits per heavy atom. The summed E-state index contributed by atoms with van der Waals surface area (Å²) in [6.07, 6.45) is 7.04. The molecule has 0 atom stereocenters. The molecule has 1 aliphatic carbocycles. The number of aromatic nitrogens is 1. The number of halogens is 1. The highest BCUT2D eigenvalue weighted by molar-refractivity contribution is 6.18. The van der Waals surface area contributed by atoms with E-state index in [0.29, 0.717) is 12.4 Å². The van der Waals surface area contributed by atoms with Crippen molar-refractivity contribution >= 4 is 17.5 Å². The first-order chi connectivity index (χ1) is 9.63. The van der Waals surface area contributed by atoms with Crippen LogP contribution in [0.1, 0.15) is 48.2 Å². The second-order valence-electron chi connectivity index (χ2n) is 5.37. The van der Waals surface area contributed by atoms with Gasteiger partial charge in [-0.2, -0.15) is 0 Å². The molecule has 5 heteroatoms. The molecule has 20 heavy (non-hydrogen) atoms. The molecular weight excluding hydrogens is 276 g/mol. The third-order valence-electron chi connectivity index (χ3n) is 3.89. The van der Waals surface area contributed by atoms with E-state index in [9.17, 15) is 9.59 Å². The molecule has 1 aromatic rings. The van der Waals surface area contributed by atoms with Crippen molar-refractivity contribution in [3.8, 4) is 0 Å². The zero-order valence-corrected chi connectivity index (χ0v) is 12.6. The molecule has 0 aliphatic heterocycles. The number of rotatable bonds is 4. The minimum absolute atomic E-state index is 0.196. The van der Waals surface area contributed by atoms with Gasteiger partial charge >= 0.3 is 0 Å². The summed E-state index contributed by atoms with van der Waals surface area (Å²) in [5.74, 6) is 0.199. The normalized spacial score (nSPS) is 16.1. The van der Waals surface area contributed by atoms with Crippen LogP contribution in [0.25, 0.3) is 0 Å². The predicted molar refractivity (Wildman–Crippen MR) is 80.4 cm³/mol. The number of carbonyl (C=O) groups is 1. The summed E-state index contributed by atoms with van der Waals surface area (Å²) in [5.41, 5.74) is 0.751. The second kappa shape index (κ2) is 6.93. The van der Waals surface area contributed by atoms with E-state index in [2.05, 4.69) is 4.98 Å². The number of H-pyrrole nitrogens is 1. The number of pyridine rings is 1. The van der Waals surface area contributed by atoms with Crippen molar-refractivity contribution < 1.29 is 4.79 Å². The van der Waals surface area contributed by atoms with Gasteiger partial charge in [-0.15, -0.1) is 11.6 Å². The standard InChI is InChI=1S/C15H21ClN2O2/c1-11-9-14(19)13(10-17-11)15(20)18(8-7-16)12-5-3-2-4-6-12/h9-10,12H,2-8H2,1H3,(H,17,19). The van der Waals surface area contributed by atoms with Crippen molar-refractivity contribution in [2.24, 2.45) is 0 Å². The Morgan fingerprint density at radius 3 is 2.70 bits per heavy atom. The summed E-state index contributed by atoms with van der Waals surface area (Å²) < 4.78 is 0. The number of amides is 1. The van der Waals surface area contributed by atoms with Gasteiger partial charge in [0.2, 0.25) is 0 Å². The van der Waals surface area contributed by atoms with E-state index in [1.54, 1.807) is 11.8 Å². The lowest BCUT2D eigenvalue weighted by Crippen LogP contribution is -2.44. The summed E-state index contributed by atoms with van der Waals surface area (Å²) in [7, 11) is 0. The molecule has 1 aliphatic rings. The van der Waals surface area contributed by atoms with Gasteiger partial charge < -0.3 is 9.88 Å². The zero-order chi connectivity index (χ0) is 14.5. The quantitative estimate of drug-likeness (QED) is 0.869. The Bertz CT molecular complexity index is 521. The molecule has 1 N–H and O–H groups in total. The molecule has 0 spiro atoms. The molecule has 1 amide bonds. The average Bonchev–Trinajstić information content (AvgIpc) is 2.45. The zero-order valence-electron chi connectivity index (χ0n) is 11.8. The summed E-state index contributed by atoms with van der Waals surface area (Å²) in [5, 5.41) is 0. The molecule has 0 saturated heterocycles. The van der Waals surface area contributed by atoms with E-state index in [4.69, 9.17) is 11.6 Å². The fourth-order valence-corrected chi connectivity index (χ4v) is 3.01. The molecule has 2 rings (SSSR count). The van der Waals surface area contributed by atoms with Crippen molar-refractivity contribution in [2.75, 3.05) is 12.4 Å². The number of carbonyl (C=O) groups excluding carboxylic acids is 1. The molecule has 1 heterocycles. The minimum Gasteiger partial charge on any atom is -0.364 e. The van der Waals surface area contributed by atoms with Gasteiger partial charge in [0.25, 0.3) is 5.91 Å². The first-order valence-corrected chi connectivity index (χ1v) is 7.73. The van der Waals surface area contributed by atoms with Crippen molar-refractivity contribution in [1.29, 1.82) is 0 Å². The molecule has 1 saturated carbocycles. The van der Waals surface area contributed by atoms with E-state index in [1.807, 2.05) is 0 Å². The summed E-state index contributed by atoms with van der Waals surface area (Å²) in [4.78, 5) is 29.3. The van der Waals surface area contributed by atoms with Gasteiger partial charge in [-0.3, -0.25) is 9.59 Å². The maximum Gasteiger partial charge on any atom is 0.259 e. The number of alkyl halides is 1. The lowest BCUT2D eigenvalue weighted by Gasteiger charge is -2.34. The molecule has 1 fully saturated rings. The molecule has 0 bridgehead atoms. The monoisotopic (exact) mass is 296 g/mol. The molecule has 0 unspecified atom stereocenters. The topological polar surface area (TPSA) is 53.2 Å². The molecule has 0 aromatic carbocycles. The van der Waals surface area contributed by atoms with E-state index in [1.165, 1.54) is 18.7 Å². The summed E-state index contributed by atoms with van der Waals surface area (Å²) in [6.45, 7) is 2.30. The number of aromatic amines is 1. The largest absolute Gasteiger partial charge is 0.364 e. The second-order valence-corrected chi connectivity index (χ2v) is 5.75. The Hall–Kier alpha value is -1.29. The first kappa shape index (κ1) is 15.1. The van der Waals surface area contributed by atoms with E-state index in [0.717, 1.165) is 31.4 Å². The number of aryl methyl sites for hydroxylation is 1. The maximum absolute atomic E-state index is 12.6. The predicted octanol–water partition coefficient (Wildman–Crippen LogP) is 2.70. The fourth-order valence-electron chi connectivity index (χ4n) is 2.83. The number of nitrogens with zero attached hydrogens (tertiary/aromatic N) is 1. The molecule has 4 nitrogen and oxygen atoms in total. The Labute approximate surface area is 124 Å². The highest BCUT2D eigenvalue weighted by Gasteiger charge is 2.27. The summed E-state index contributed by atoms with van der Waals surface area (Å²) >= 11 is 5.83. The van der Waals surface area contributed by atoms with E-state index < -0.39 is 0 Å². The third kappa shape index (κ3) is 3.42. The van der Waals surface area contributed by atoms with E-state index in [-0.39, 0.29) is 22.9 Å². The first-order valence-electron chi connectivity index (χ1n) is 7.19. The molecular formula is C15H21ClN2O2. The molecule has 1 aromatic heterocycles. The lowest BCUT2D eigenvalue weighted by atomic mass is 9.94. The van der Waals surface area contributed by atoms with Crippen LogP contribution in [0.15, 0.2) is 17.1 Å². The van der Waals surface area contributed by atoms with Crippen molar-refractivity contribution in [3.63, 3.8) is 0 Å². The number of hydrogen-bond donors (Lipinski definition) is 1. The molecule has 0 radical (unpaired) electrons. The summed E-state index contributed by atoms with van der Waals surface area (Å²) in [6, 6.07) is 1.68. The highest BCUT2D eigenvalue weighted by atomic mass is 35.5. The van der Waals surface area contributed by atoms with Gasteiger partial charge in [-0.05, 0) is 19.8 Å². The maximum atomic E-state index is 12.6.